The van der Waals surface area contributed by atoms with Gasteiger partial charge in [0, 0.05) is 17.2 Å². The van der Waals surface area contributed by atoms with Crippen LogP contribution in [0.5, 0.6) is 5.75 Å². The van der Waals surface area contributed by atoms with Crippen LogP contribution in [0.2, 0.25) is 0 Å². The number of nitro benzene ring substituents is 1. The van der Waals surface area contributed by atoms with Gasteiger partial charge in [-0.05, 0) is 25.8 Å². The van der Waals surface area contributed by atoms with Crippen molar-refractivity contribution in [3.63, 3.8) is 0 Å². The summed E-state index contributed by atoms with van der Waals surface area (Å²) in [4.78, 5) is 10.8. The standard InChI is InChI=1S/C22H37NO3/c1-3-4-5-6-7-8-9-10-11-12-13-14-15-16-20-19(2)22(24)18-17-21(20)23(25)26/h17-18,24H,3-16H2,1-2H3. The molecule has 148 valence electrons. The van der Waals surface area contributed by atoms with Gasteiger partial charge in [0.25, 0.3) is 5.69 Å². The molecular weight excluding hydrogens is 326 g/mol. The van der Waals surface area contributed by atoms with Gasteiger partial charge in [0.05, 0.1) is 4.92 Å². The first-order valence-corrected chi connectivity index (χ1v) is 10.5. The van der Waals surface area contributed by atoms with Crippen molar-refractivity contribution in [2.75, 3.05) is 0 Å². The van der Waals surface area contributed by atoms with Crippen LogP contribution in [0.15, 0.2) is 12.1 Å². The second-order valence-corrected chi connectivity index (χ2v) is 7.46. The van der Waals surface area contributed by atoms with Gasteiger partial charge in [-0.3, -0.25) is 10.1 Å². The van der Waals surface area contributed by atoms with E-state index in [4.69, 9.17) is 0 Å². The number of unbranched alkanes of at least 4 members (excludes halogenated alkanes) is 12. The highest BCUT2D eigenvalue weighted by Crippen LogP contribution is 2.30. The van der Waals surface area contributed by atoms with E-state index in [-0.39, 0.29) is 16.4 Å². The van der Waals surface area contributed by atoms with Gasteiger partial charge in [0.1, 0.15) is 5.75 Å². The molecule has 1 aromatic rings. The molecule has 0 saturated carbocycles. The molecule has 4 heteroatoms. The summed E-state index contributed by atoms with van der Waals surface area (Å²) in [5, 5.41) is 20.9. The summed E-state index contributed by atoms with van der Waals surface area (Å²) in [7, 11) is 0. The quantitative estimate of drug-likeness (QED) is 0.203. The van der Waals surface area contributed by atoms with Gasteiger partial charge >= 0.3 is 0 Å². The molecule has 1 N–H and O–H groups in total. The van der Waals surface area contributed by atoms with Crippen LogP contribution in [-0.4, -0.2) is 10.0 Å². The molecule has 0 aliphatic heterocycles. The number of hydrogen-bond acceptors (Lipinski definition) is 3. The van der Waals surface area contributed by atoms with Crippen LogP contribution < -0.4 is 0 Å². The Labute approximate surface area is 159 Å². The zero-order chi connectivity index (χ0) is 19.2. The van der Waals surface area contributed by atoms with Gasteiger partial charge in [0.15, 0.2) is 0 Å². The first-order valence-electron chi connectivity index (χ1n) is 10.5. The van der Waals surface area contributed by atoms with Crippen molar-refractivity contribution in [3.8, 4) is 5.75 Å². The normalized spacial score (nSPS) is 11.0. The average Bonchev–Trinajstić information content (AvgIpc) is 2.62. The summed E-state index contributed by atoms with van der Waals surface area (Å²) < 4.78 is 0. The number of rotatable bonds is 15. The van der Waals surface area contributed by atoms with Gasteiger partial charge in [-0.25, -0.2) is 0 Å². The SMILES string of the molecule is CCCCCCCCCCCCCCCc1c([N+](=O)[O-])ccc(O)c1C. The molecule has 4 nitrogen and oxygen atoms in total. The Kier molecular flexibility index (Phi) is 11.7. The van der Waals surface area contributed by atoms with Crippen molar-refractivity contribution in [2.45, 2.75) is 104 Å². The van der Waals surface area contributed by atoms with E-state index in [2.05, 4.69) is 6.92 Å². The first-order chi connectivity index (χ1) is 12.6. The predicted molar refractivity (Wildman–Crippen MR) is 109 cm³/mol. The van der Waals surface area contributed by atoms with E-state index in [1.807, 2.05) is 0 Å². The minimum absolute atomic E-state index is 0.138. The zero-order valence-electron chi connectivity index (χ0n) is 16.8. The van der Waals surface area contributed by atoms with Crippen molar-refractivity contribution < 1.29 is 10.0 Å². The van der Waals surface area contributed by atoms with Crippen molar-refractivity contribution in [2.24, 2.45) is 0 Å². The van der Waals surface area contributed by atoms with Crippen LogP contribution in [-0.2, 0) is 6.42 Å². The summed E-state index contributed by atoms with van der Waals surface area (Å²) in [5.74, 6) is 0.153. The van der Waals surface area contributed by atoms with E-state index in [0.29, 0.717) is 17.5 Å². The topological polar surface area (TPSA) is 63.4 Å². The van der Waals surface area contributed by atoms with Gasteiger partial charge in [-0.15, -0.1) is 0 Å². The van der Waals surface area contributed by atoms with E-state index >= 15 is 0 Å². The predicted octanol–water partition coefficient (Wildman–Crippen LogP) is 7.24. The van der Waals surface area contributed by atoms with Gasteiger partial charge in [0.2, 0.25) is 0 Å². The molecule has 0 fully saturated rings. The number of aromatic hydroxyl groups is 1. The molecule has 0 spiro atoms. The molecule has 1 aromatic carbocycles. The first kappa shape index (κ1) is 22.5. The Morgan fingerprint density at radius 3 is 1.77 bits per heavy atom. The highest BCUT2D eigenvalue weighted by atomic mass is 16.6. The molecule has 0 saturated heterocycles. The number of hydrogen-bond donors (Lipinski definition) is 1. The van der Waals surface area contributed by atoms with Crippen LogP contribution in [0.3, 0.4) is 0 Å². The maximum Gasteiger partial charge on any atom is 0.273 e. The second-order valence-electron chi connectivity index (χ2n) is 7.46. The Balaban J connectivity index is 2.10. The highest BCUT2D eigenvalue weighted by molar-refractivity contribution is 5.51. The molecule has 0 atom stereocenters. The van der Waals surface area contributed by atoms with Crippen LogP contribution in [0, 0.1) is 17.0 Å². The molecule has 26 heavy (non-hydrogen) atoms. The Morgan fingerprint density at radius 1 is 0.846 bits per heavy atom. The summed E-state index contributed by atoms with van der Waals surface area (Å²) in [6.45, 7) is 4.02. The van der Waals surface area contributed by atoms with Crippen LogP contribution in [0.1, 0.15) is 102 Å². The van der Waals surface area contributed by atoms with Crippen LogP contribution >= 0.6 is 0 Å². The number of benzene rings is 1. The lowest BCUT2D eigenvalue weighted by Crippen LogP contribution is -1.99. The largest absolute Gasteiger partial charge is 0.508 e. The molecule has 0 bridgehead atoms. The van der Waals surface area contributed by atoms with Gasteiger partial charge in [-0.1, -0.05) is 84.0 Å². The molecule has 0 radical (unpaired) electrons. The summed E-state index contributed by atoms with van der Waals surface area (Å²) in [5.41, 5.74) is 1.48. The molecule has 0 heterocycles. The molecule has 0 aliphatic rings. The summed E-state index contributed by atoms with van der Waals surface area (Å²) >= 11 is 0. The molecule has 0 aromatic heterocycles. The lowest BCUT2D eigenvalue weighted by atomic mass is 9.98. The van der Waals surface area contributed by atoms with Crippen molar-refractivity contribution >= 4 is 5.69 Å². The lowest BCUT2D eigenvalue weighted by molar-refractivity contribution is -0.385. The van der Waals surface area contributed by atoms with Crippen molar-refractivity contribution in [3.05, 3.63) is 33.4 Å². The molecule has 1 rings (SSSR count). The van der Waals surface area contributed by atoms with E-state index in [1.165, 1.54) is 82.8 Å². The molecular formula is C22H37NO3. The summed E-state index contributed by atoms with van der Waals surface area (Å²) in [6.07, 6.45) is 17.4. The van der Waals surface area contributed by atoms with Crippen molar-refractivity contribution in [1.29, 1.82) is 0 Å². The molecule has 0 amide bonds. The third kappa shape index (κ3) is 8.68. The van der Waals surface area contributed by atoms with Crippen LogP contribution in [0.25, 0.3) is 0 Å². The number of phenols is 1. The maximum absolute atomic E-state index is 11.1. The third-order valence-electron chi connectivity index (χ3n) is 5.27. The fourth-order valence-electron chi connectivity index (χ4n) is 3.54. The second kappa shape index (κ2) is 13.6. The summed E-state index contributed by atoms with van der Waals surface area (Å²) in [6, 6.07) is 2.83. The van der Waals surface area contributed by atoms with Gasteiger partial charge in [-0.2, -0.15) is 0 Å². The smallest absolute Gasteiger partial charge is 0.273 e. The Morgan fingerprint density at radius 2 is 1.31 bits per heavy atom. The van der Waals surface area contributed by atoms with E-state index in [1.54, 1.807) is 6.92 Å². The van der Waals surface area contributed by atoms with E-state index in [0.717, 1.165) is 12.8 Å². The fourth-order valence-corrected chi connectivity index (χ4v) is 3.54. The molecule has 0 unspecified atom stereocenters. The molecule has 0 aliphatic carbocycles. The lowest BCUT2D eigenvalue weighted by Gasteiger charge is -2.08. The Bertz CT molecular complexity index is 528. The van der Waals surface area contributed by atoms with Crippen LogP contribution in [0.4, 0.5) is 5.69 Å². The fraction of sp³-hybridized carbons (Fsp3) is 0.727. The third-order valence-corrected chi connectivity index (χ3v) is 5.27. The zero-order valence-corrected chi connectivity index (χ0v) is 16.8. The van der Waals surface area contributed by atoms with Crippen molar-refractivity contribution in [1.82, 2.24) is 0 Å². The number of phenolic OH excluding ortho intramolecular Hbond substituents is 1. The number of nitrogens with zero attached hydrogens (tertiary/aromatic N) is 1. The van der Waals surface area contributed by atoms with Gasteiger partial charge < -0.3 is 5.11 Å². The van der Waals surface area contributed by atoms with E-state index < -0.39 is 0 Å². The Hall–Kier alpha value is -1.58. The maximum atomic E-state index is 11.1. The minimum atomic E-state index is -0.343. The van der Waals surface area contributed by atoms with E-state index in [9.17, 15) is 15.2 Å². The highest BCUT2D eigenvalue weighted by Gasteiger charge is 2.17. The number of nitro groups is 1. The monoisotopic (exact) mass is 363 g/mol. The average molecular weight is 364 g/mol. The minimum Gasteiger partial charge on any atom is -0.508 e.